The van der Waals surface area contributed by atoms with E-state index in [-0.39, 0.29) is 30.6 Å². The van der Waals surface area contributed by atoms with Gasteiger partial charge in [0.15, 0.2) is 11.6 Å². The van der Waals surface area contributed by atoms with Gasteiger partial charge in [-0.3, -0.25) is 4.79 Å². The number of carboxylic acid groups (broad SMARTS) is 1. The fourth-order valence-electron chi connectivity index (χ4n) is 1.69. The number of rotatable bonds is 7. The molecule has 0 radical (unpaired) electrons. The second-order valence-corrected chi connectivity index (χ2v) is 4.62. The molecule has 1 rings (SSSR count). The Hall–Kier alpha value is -2.31. The van der Waals surface area contributed by atoms with Gasteiger partial charge in [-0.05, 0) is 31.0 Å². The third kappa shape index (κ3) is 5.68. The minimum absolute atomic E-state index is 0.0197. The van der Waals surface area contributed by atoms with Crippen LogP contribution < -0.4 is 5.32 Å². The van der Waals surface area contributed by atoms with Gasteiger partial charge in [-0.1, -0.05) is 6.07 Å². The molecule has 1 amide bonds. The van der Waals surface area contributed by atoms with E-state index in [2.05, 4.69) is 5.32 Å². The first kappa shape index (κ1) is 16.7. The van der Waals surface area contributed by atoms with Crippen molar-refractivity contribution < 1.29 is 28.3 Å². The van der Waals surface area contributed by atoms with E-state index in [4.69, 9.17) is 5.11 Å². The van der Waals surface area contributed by atoms with Crippen LogP contribution in [0.3, 0.4) is 0 Å². The molecule has 0 fully saturated rings. The molecule has 0 aliphatic carbocycles. The van der Waals surface area contributed by atoms with Crippen LogP contribution in [0.4, 0.5) is 8.78 Å². The number of ketones is 1. The molecule has 5 nitrogen and oxygen atoms in total. The smallest absolute Gasteiger partial charge is 0.326 e. The van der Waals surface area contributed by atoms with Gasteiger partial charge in [0.2, 0.25) is 5.91 Å². The predicted molar refractivity (Wildman–Crippen MR) is 69.5 cm³/mol. The van der Waals surface area contributed by atoms with E-state index in [0.717, 1.165) is 12.1 Å². The topological polar surface area (TPSA) is 83.5 Å². The van der Waals surface area contributed by atoms with Crippen LogP contribution in [-0.4, -0.2) is 28.8 Å². The summed E-state index contributed by atoms with van der Waals surface area (Å²) in [5.74, 6) is -4.18. The average Bonchev–Trinajstić information content (AvgIpc) is 2.38. The predicted octanol–water partition coefficient (Wildman–Crippen LogP) is 1.45. The van der Waals surface area contributed by atoms with E-state index < -0.39 is 29.6 Å². The lowest BCUT2D eigenvalue weighted by Gasteiger charge is -2.13. The number of nitrogens with one attached hydrogen (secondary N) is 1. The Bertz CT molecular complexity index is 560. The summed E-state index contributed by atoms with van der Waals surface area (Å²) in [5.41, 5.74) is 0.224. The van der Waals surface area contributed by atoms with Crippen LogP contribution in [0, 0.1) is 11.6 Å². The van der Waals surface area contributed by atoms with E-state index in [1.807, 2.05) is 0 Å². The Balaban J connectivity index is 2.62. The molecule has 0 heterocycles. The number of aliphatic carboxylic acids is 1. The van der Waals surface area contributed by atoms with Gasteiger partial charge in [0.25, 0.3) is 0 Å². The monoisotopic (exact) mass is 299 g/mol. The van der Waals surface area contributed by atoms with E-state index in [1.54, 1.807) is 0 Å². The van der Waals surface area contributed by atoms with Crippen LogP contribution in [0.15, 0.2) is 18.2 Å². The van der Waals surface area contributed by atoms with Crippen molar-refractivity contribution in [2.45, 2.75) is 32.2 Å². The molecule has 2 N–H and O–H groups in total. The van der Waals surface area contributed by atoms with Crippen LogP contribution in [-0.2, 0) is 20.8 Å². The minimum Gasteiger partial charge on any atom is -0.480 e. The quantitative estimate of drug-likeness (QED) is 0.798. The van der Waals surface area contributed by atoms with Crippen molar-refractivity contribution >= 4 is 17.7 Å². The number of carboxylic acids is 1. The first-order valence-corrected chi connectivity index (χ1v) is 6.25. The number of hydrogen-bond acceptors (Lipinski definition) is 3. The highest BCUT2D eigenvalue weighted by Crippen LogP contribution is 2.09. The third-order valence-corrected chi connectivity index (χ3v) is 2.77. The lowest BCUT2D eigenvalue weighted by molar-refractivity contribution is -0.142. The summed E-state index contributed by atoms with van der Waals surface area (Å²) in [7, 11) is 0. The SMILES string of the molecule is CC(=O)CC[C@@H](NC(=O)Cc1ccc(F)c(F)c1)C(=O)O. The molecule has 0 aliphatic heterocycles. The first-order chi connectivity index (χ1) is 9.79. The zero-order chi connectivity index (χ0) is 16.0. The van der Waals surface area contributed by atoms with Gasteiger partial charge in [-0.2, -0.15) is 0 Å². The Labute approximate surface area is 120 Å². The van der Waals surface area contributed by atoms with E-state index in [9.17, 15) is 23.2 Å². The molecule has 0 aliphatic rings. The van der Waals surface area contributed by atoms with Crippen molar-refractivity contribution in [1.29, 1.82) is 0 Å². The van der Waals surface area contributed by atoms with Crippen LogP contribution >= 0.6 is 0 Å². The summed E-state index contributed by atoms with van der Waals surface area (Å²) in [6.45, 7) is 1.32. The number of hydrogen-bond donors (Lipinski definition) is 2. The Kier molecular flexibility index (Phi) is 5.95. The maximum Gasteiger partial charge on any atom is 0.326 e. The van der Waals surface area contributed by atoms with Crippen molar-refractivity contribution in [3.05, 3.63) is 35.4 Å². The summed E-state index contributed by atoms with van der Waals surface area (Å²) in [5, 5.41) is 11.2. The fourth-order valence-corrected chi connectivity index (χ4v) is 1.69. The number of benzene rings is 1. The van der Waals surface area contributed by atoms with Gasteiger partial charge in [-0.15, -0.1) is 0 Å². The second-order valence-electron chi connectivity index (χ2n) is 4.62. The molecule has 0 spiro atoms. The van der Waals surface area contributed by atoms with Gasteiger partial charge in [0.05, 0.1) is 6.42 Å². The highest BCUT2D eigenvalue weighted by molar-refractivity contribution is 5.85. The van der Waals surface area contributed by atoms with Crippen LogP contribution in [0.1, 0.15) is 25.3 Å². The summed E-state index contributed by atoms with van der Waals surface area (Å²) < 4.78 is 25.7. The van der Waals surface area contributed by atoms with Crippen molar-refractivity contribution in [3.63, 3.8) is 0 Å². The summed E-state index contributed by atoms with van der Waals surface area (Å²) in [6, 6.07) is 1.82. The van der Waals surface area contributed by atoms with Gasteiger partial charge in [0, 0.05) is 6.42 Å². The van der Waals surface area contributed by atoms with Crippen molar-refractivity contribution in [2.24, 2.45) is 0 Å². The van der Waals surface area contributed by atoms with Gasteiger partial charge in [0.1, 0.15) is 11.8 Å². The highest BCUT2D eigenvalue weighted by Gasteiger charge is 2.20. The zero-order valence-electron chi connectivity index (χ0n) is 11.4. The Morgan fingerprint density at radius 2 is 1.90 bits per heavy atom. The van der Waals surface area contributed by atoms with Crippen LogP contribution in [0.5, 0.6) is 0 Å². The molecule has 7 heteroatoms. The van der Waals surface area contributed by atoms with E-state index in [0.29, 0.717) is 0 Å². The van der Waals surface area contributed by atoms with Crippen molar-refractivity contribution in [1.82, 2.24) is 5.32 Å². The van der Waals surface area contributed by atoms with Gasteiger partial charge in [-0.25, -0.2) is 13.6 Å². The van der Waals surface area contributed by atoms with Crippen LogP contribution in [0.2, 0.25) is 0 Å². The summed E-state index contributed by atoms with van der Waals surface area (Å²) in [4.78, 5) is 33.5. The summed E-state index contributed by atoms with van der Waals surface area (Å²) in [6.07, 6.45) is -0.266. The fraction of sp³-hybridized carbons (Fsp3) is 0.357. The maximum absolute atomic E-state index is 13.0. The molecular formula is C14H15F2NO4. The lowest BCUT2D eigenvalue weighted by atomic mass is 10.1. The Morgan fingerprint density at radius 3 is 2.43 bits per heavy atom. The average molecular weight is 299 g/mol. The molecule has 0 unspecified atom stereocenters. The molecule has 0 saturated heterocycles. The molecule has 0 aromatic heterocycles. The third-order valence-electron chi connectivity index (χ3n) is 2.77. The lowest BCUT2D eigenvalue weighted by Crippen LogP contribution is -2.41. The van der Waals surface area contributed by atoms with Gasteiger partial charge >= 0.3 is 5.97 Å². The molecule has 114 valence electrons. The van der Waals surface area contributed by atoms with Crippen LogP contribution in [0.25, 0.3) is 0 Å². The number of amides is 1. The minimum atomic E-state index is -1.25. The molecule has 0 bridgehead atoms. The standard InChI is InChI=1S/C14H15F2NO4/c1-8(18)2-5-12(14(20)21)17-13(19)7-9-3-4-10(15)11(16)6-9/h3-4,6,12H,2,5,7H2,1H3,(H,17,19)(H,20,21)/t12-/m1/s1. The maximum atomic E-state index is 13.0. The largest absolute Gasteiger partial charge is 0.480 e. The van der Waals surface area contributed by atoms with Gasteiger partial charge < -0.3 is 15.2 Å². The highest BCUT2D eigenvalue weighted by atomic mass is 19.2. The van der Waals surface area contributed by atoms with Crippen molar-refractivity contribution in [2.75, 3.05) is 0 Å². The molecule has 1 aromatic carbocycles. The summed E-state index contributed by atoms with van der Waals surface area (Å²) >= 11 is 0. The number of halogens is 2. The normalized spacial score (nSPS) is 11.8. The number of carbonyl (C=O) groups is 3. The molecule has 0 saturated carbocycles. The molecule has 1 aromatic rings. The molecular weight excluding hydrogens is 284 g/mol. The number of Topliss-reactive ketones (excluding diaryl/α,β-unsaturated/α-hetero) is 1. The second kappa shape index (κ2) is 7.47. The Morgan fingerprint density at radius 1 is 1.24 bits per heavy atom. The molecule has 21 heavy (non-hydrogen) atoms. The zero-order valence-corrected chi connectivity index (χ0v) is 11.4. The number of carbonyl (C=O) groups excluding carboxylic acids is 2. The first-order valence-electron chi connectivity index (χ1n) is 6.25. The van der Waals surface area contributed by atoms with E-state index in [1.165, 1.54) is 13.0 Å². The van der Waals surface area contributed by atoms with E-state index >= 15 is 0 Å². The van der Waals surface area contributed by atoms with Crippen molar-refractivity contribution in [3.8, 4) is 0 Å². The molecule has 1 atom stereocenters.